The van der Waals surface area contributed by atoms with Gasteiger partial charge in [-0.05, 0) is 79.7 Å². The third kappa shape index (κ3) is 6.53. The number of aromatic nitrogens is 1. The Balaban J connectivity index is 1.27. The minimum Gasteiger partial charge on any atom is -0.493 e. The highest BCUT2D eigenvalue weighted by atomic mass is 35.5. The molecule has 1 aromatic heterocycles. The summed E-state index contributed by atoms with van der Waals surface area (Å²) in [6, 6.07) is 18.1. The maximum atomic E-state index is 12.5. The van der Waals surface area contributed by atoms with Gasteiger partial charge in [-0.3, -0.25) is 9.69 Å². The van der Waals surface area contributed by atoms with Gasteiger partial charge in [0.15, 0.2) is 11.5 Å². The zero-order valence-electron chi connectivity index (χ0n) is 20.5. The molecule has 2 aromatic carbocycles. The summed E-state index contributed by atoms with van der Waals surface area (Å²) in [5.41, 5.74) is 4.92. The Morgan fingerprint density at radius 3 is 2.34 bits per heavy atom. The third-order valence-electron chi connectivity index (χ3n) is 6.53. The molecule has 1 N–H and O–H groups in total. The molecule has 0 bridgehead atoms. The largest absolute Gasteiger partial charge is 0.493 e. The number of hydrogen-bond acceptors (Lipinski definition) is 5. The van der Waals surface area contributed by atoms with E-state index < -0.39 is 0 Å². The Morgan fingerprint density at radius 2 is 1.69 bits per heavy atom. The zero-order chi connectivity index (χ0) is 24.8. The van der Waals surface area contributed by atoms with Crippen molar-refractivity contribution in [3.05, 3.63) is 87.7 Å². The molecular formula is C28H32ClN3O3. The fourth-order valence-corrected chi connectivity index (χ4v) is 4.86. The predicted octanol–water partition coefficient (Wildman–Crippen LogP) is 5.37. The Morgan fingerprint density at radius 1 is 1.00 bits per heavy atom. The number of aryl methyl sites for hydroxylation is 1. The quantitative estimate of drug-likeness (QED) is 0.427. The second kappa shape index (κ2) is 11.6. The Kier molecular flexibility index (Phi) is 8.26. The van der Waals surface area contributed by atoms with Crippen LogP contribution in [0.1, 0.15) is 51.5 Å². The van der Waals surface area contributed by atoms with E-state index in [1.54, 1.807) is 26.4 Å². The van der Waals surface area contributed by atoms with Crippen molar-refractivity contribution in [2.45, 2.75) is 38.8 Å². The predicted molar refractivity (Wildman–Crippen MR) is 138 cm³/mol. The molecule has 0 radical (unpaired) electrons. The summed E-state index contributed by atoms with van der Waals surface area (Å²) in [4.78, 5) is 19.0. The summed E-state index contributed by atoms with van der Waals surface area (Å²) in [6.45, 7) is 5.33. The van der Waals surface area contributed by atoms with Crippen LogP contribution in [0.25, 0.3) is 0 Å². The lowest BCUT2D eigenvalue weighted by atomic mass is 9.89. The Bertz CT molecular complexity index is 1140. The van der Waals surface area contributed by atoms with Crippen LogP contribution in [0, 0.1) is 6.92 Å². The number of pyridine rings is 1. The van der Waals surface area contributed by atoms with Gasteiger partial charge in [-0.15, -0.1) is 0 Å². The Hall–Kier alpha value is -3.09. The number of ether oxygens (including phenoxy) is 2. The van der Waals surface area contributed by atoms with Gasteiger partial charge in [-0.2, -0.15) is 0 Å². The molecule has 1 amide bonds. The van der Waals surface area contributed by atoms with Crippen molar-refractivity contribution in [2.24, 2.45) is 0 Å². The molecule has 0 spiro atoms. The van der Waals surface area contributed by atoms with Crippen LogP contribution in [0.4, 0.5) is 0 Å². The van der Waals surface area contributed by atoms with Crippen molar-refractivity contribution in [3.8, 4) is 11.5 Å². The Labute approximate surface area is 212 Å². The zero-order valence-corrected chi connectivity index (χ0v) is 21.3. The van der Waals surface area contributed by atoms with E-state index in [-0.39, 0.29) is 5.91 Å². The third-order valence-corrected chi connectivity index (χ3v) is 6.72. The van der Waals surface area contributed by atoms with Crippen LogP contribution in [0.15, 0.2) is 54.6 Å². The highest BCUT2D eigenvalue weighted by Crippen LogP contribution is 2.31. The van der Waals surface area contributed by atoms with E-state index in [9.17, 15) is 4.79 Å². The van der Waals surface area contributed by atoms with E-state index in [1.165, 1.54) is 11.1 Å². The molecular weight excluding hydrogens is 462 g/mol. The van der Waals surface area contributed by atoms with E-state index in [4.69, 9.17) is 21.1 Å². The first-order valence-electron chi connectivity index (χ1n) is 11.9. The number of carbonyl (C=O) groups is 1. The molecule has 184 valence electrons. The molecule has 3 aromatic rings. The number of methoxy groups -OCH3 is 2. The minimum absolute atomic E-state index is 0.150. The monoisotopic (exact) mass is 493 g/mol. The molecule has 1 fully saturated rings. The van der Waals surface area contributed by atoms with E-state index in [1.807, 2.05) is 13.0 Å². The molecule has 4 rings (SSSR count). The first-order chi connectivity index (χ1) is 16.9. The van der Waals surface area contributed by atoms with Crippen LogP contribution in [-0.4, -0.2) is 43.1 Å². The molecule has 7 heteroatoms. The normalized spacial score (nSPS) is 14.5. The van der Waals surface area contributed by atoms with Gasteiger partial charge in [-0.25, -0.2) is 4.98 Å². The first kappa shape index (κ1) is 25.0. The highest BCUT2D eigenvalue weighted by Gasteiger charge is 2.21. The standard InChI is InChI=1S/C28H32ClN3O3/c1-19-14-24(16-27(29)31-19)28(33)30-17-20-4-7-22(8-5-20)23-10-12-32(13-11-23)18-21-6-9-25(34-2)26(15-21)35-3/h4-9,14-16,23H,10-13,17-18H2,1-3H3,(H,30,33). The van der Waals surface area contributed by atoms with Gasteiger partial charge in [0.25, 0.3) is 5.91 Å². The number of amides is 1. The number of nitrogens with zero attached hydrogens (tertiary/aromatic N) is 2. The highest BCUT2D eigenvalue weighted by molar-refractivity contribution is 6.29. The fourth-order valence-electron chi connectivity index (χ4n) is 4.61. The maximum Gasteiger partial charge on any atom is 0.251 e. The van der Waals surface area contributed by atoms with Crippen molar-refractivity contribution < 1.29 is 14.3 Å². The second-order valence-electron chi connectivity index (χ2n) is 8.98. The summed E-state index contributed by atoms with van der Waals surface area (Å²) in [6.07, 6.45) is 2.26. The molecule has 0 saturated carbocycles. The smallest absolute Gasteiger partial charge is 0.251 e. The lowest BCUT2D eigenvalue weighted by Gasteiger charge is -2.32. The molecule has 0 unspecified atom stereocenters. The summed E-state index contributed by atoms with van der Waals surface area (Å²) in [7, 11) is 3.33. The van der Waals surface area contributed by atoms with E-state index >= 15 is 0 Å². The SMILES string of the molecule is COc1ccc(CN2CCC(c3ccc(CNC(=O)c4cc(C)nc(Cl)c4)cc3)CC2)cc1OC. The molecule has 0 aliphatic carbocycles. The van der Waals surface area contributed by atoms with Crippen molar-refractivity contribution >= 4 is 17.5 Å². The maximum absolute atomic E-state index is 12.5. The first-order valence-corrected chi connectivity index (χ1v) is 12.3. The van der Waals surface area contributed by atoms with Gasteiger partial charge >= 0.3 is 0 Å². The van der Waals surface area contributed by atoms with E-state index in [2.05, 4.69) is 51.6 Å². The van der Waals surface area contributed by atoms with Crippen LogP contribution < -0.4 is 14.8 Å². The molecule has 35 heavy (non-hydrogen) atoms. The lowest BCUT2D eigenvalue weighted by molar-refractivity contribution is 0.0950. The van der Waals surface area contributed by atoms with Gasteiger partial charge in [0, 0.05) is 24.3 Å². The molecule has 0 atom stereocenters. The van der Waals surface area contributed by atoms with Gasteiger partial charge in [0.1, 0.15) is 5.15 Å². The fraction of sp³-hybridized carbons (Fsp3) is 0.357. The van der Waals surface area contributed by atoms with E-state index in [0.717, 1.165) is 55.2 Å². The second-order valence-corrected chi connectivity index (χ2v) is 9.37. The summed E-state index contributed by atoms with van der Waals surface area (Å²) >= 11 is 5.97. The van der Waals surface area contributed by atoms with Gasteiger partial charge in [0.05, 0.1) is 14.2 Å². The number of benzene rings is 2. The average Bonchev–Trinajstić information content (AvgIpc) is 2.87. The number of piperidine rings is 1. The number of carbonyl (C=O) groups excluding carboxylic acids is 1. The van der Waals surface area contributed by atoms with Crippen molar-refractivity contribution in [1.29, 1.82) is 0 Å². The number of halogens is 1. The van der Waals surface area contributed by atoms with Crippen LogP contribution in [-0.2, 0) is 13.1 Å². The van der Waals surface area contributed by atoms with Gasteiger partial charge < -0.3 is 14.8 Å². The van der Waals surface area contributed by atoms with Crippen LogP contribution >= 0.6 is 11.6 Å². The molecule has 1 saturated heterocycles. The average molecular weight is 494 g/mol. The number of rotatable bonds is 8. The molecule has 6 nitrogen and oxygen atoms in total. The lowest BCUT2D eigenvalue weighted by Crippen LogP contribution is -2.32. The molecule has 1 aliphatic heterocycles. The number of likely N-dealkylation sites (tertiary alicyclic amines) is 1. The minimum atomic E-state index is -0.150. The van der Waals surface area contributed by atoms with Gasteiger partial charge in [0.2, 0.25) is 0 Å². The summed E-state index contributed by atoms with van der Waals surface area (Å²) < 4.78 is 10.8. The van der Waals surface area contributed by atoms with Crippen molar-refractivity contribution in [1.82, 2.24) is 15.2 Å². The summed E-state index contributed by atoms with van der Waals surface area (Å²) in [5, 5.41) is 3.29. The van der Waals surface area contributed by atoms with Crippen molar-refractivity contribution in [3.63, 3.8) is 0 Å². The topological polar surface area (TPSA) is 63.7 Å². The van der Waals surface area contributed by atoms with Crippen LogP contribution in [0.5, 0.6) is 11.5 Å². The summed E-state index contributed by atoms with van der Waals surface area (Å²) in [5.74, 6) is 1.94. The number of hydrogen-bond donors (Lipinski definition) is 1. The molecule has 2 heterocycles. The number of nitrogens with one attached hydrogen (secondary N) is 1. The van der Waals surface area contributed by atoms with Gasteiger partial charge in [-0.1, -0.05) is 41.9 Å². The van der Waals surface area contributed by atoms with Crippen LogP contribution in [0.3, 0.4) is 0 Å². The van der Waals surface area contributed by atoms with E-state index in [0.29, 0.717) is 23.2 Å². The molecule has 1 aliphatic rings. The van der Waals surface area contributed by atoms with Crippen LogP contribution in [0.2, 0.25) is 5.15 Å². The van der Waals surface area contributed by atoms with Crippen molar-refractivity contribution in [2.75, 3.05) is 27.3 Å².